The maximum Gasteiger partial charge on any atom is 0.126 e. The van der Waals surface area contributed by atoms with E-state index in [0.29, 0.717) is 11.3 Å². The molecule has 1 aromatic rings. The maximum atomic E-state index is 4.49. The summed E-state index contributed by atoms with van der Waals surface area (Å²) in [7, 11) is 2.08. The largest absolute Gasteiger partial charge is 0.337 e. The van der Waals surface area contributed by atoms with Gasteiger partial charge < -0.3 is 9.88 Å². The van der Waals surface area contributed by atoms with Gasteiger partial charge in [-0.2, -0.15) is 23.5 Å². The van der Waals surface area contributed by atoms with Crippen LogP contribution in [0.3, 0.4) is 0 Å². The molecular formula is C11H19N3S2. The van der Waals surface area contributed by atoms with E-state index in [2.05, 4.69) is 52.4 Å². The number of aromatic nitrogens is 2. The van der Waals surface area contributed by atoms with Crippen molar-refractivity contribution in [3.05, 3.63) is 18.2 Å². The third-order valence-electron chi connectivity index (χ3n) is 2.77. The van der Waals surface area contributed by atoms with Crippen LogP contribution in [0.1, 0.15) is 18.8 Å². The average Bonchev–Trinajstić information content (AvgIpc) is 2.73. The van der Waals surface area contributed by atoms with Gasteiger partial charge in [-0.3, -0.25) is 0 Å². The summed E-state index contributed by atoms with van der Waals surface area (Å²) >= 11 is 4.14. The van der Waals surface area contributed by atoms with E-state index in [1.54, 1.807) is 0 Å². The second-order valence-corrected chi connectivity index (χ2v) is 6.41. The molecule has 1 fully saturated rings. The maximum absolute atomic E-state index is 4.49. The number of aryl methyl sites for hydroxylation is 1. The predicted molar refractivity (Wildman–Crippen MR) is 73.2 cm³/mol. The quantitative estimate of drug-likeness (QED) is 0.892. The Bertz CT molecular complexity index is 321. The van der Waals surface area contributed by atoms with Crippen molar-refractivity contribution in [3.8, 4) is 0 Å². The van der Waals surface area contributed by atoms with Gasteiger partial charge in [-0.05, 0) is 6.54 Å². The Morgan fingerprint density at radius 2 is 2.50 bits per heavy atom. The van der Waals surface area contributed by atoms with Gasteiger partial charge >= 0.3 is 0 Å². The van der Waals surface area contributed by atoms with E-state index < -0.39 is 0 Å². The van der Waals surface area contributed by atoms with E-state index in [0.717, 1.165) is 6.54 Å². The summed E-state index contributed by atoms with van der Waals surface area (Å²) in [5.41, 5.74) is 0. The first-order chi connectivity index (χ1) is 7.83. The minimum atomic E-state index is 0.391. The predicted octanol–water partition coefficient (Wildman–Crippen LogP) is 1.92. The van der Waals surface area contributed by atoms with Crippen LogP contribution in [0.4, 0.5) is 0 Å². The van der Waals surface area contributed by atoms with Crippen molar-refractivity contribution in [1.82, 2.24) is 14.9 Å². The molecule has 2 heterocycles. The van der Waals surface area contributed by atoms with E-state index in [1.807, 2.05) is 12.4 Å². The summed E-state index contributed by atoms with van der Waals surface area (Å²) in [6.45, 7) is 3.16. The Balaban J connectivity index is 2.12. The molecular weight excluding hydrogens is 238 g/mol. The molecule has 0 aromatic carbocycles. The molecule has 1 aliphatic rings. The van der Waals surface area contributed by atoms with Gasteiger partial charge in [-0.25, -0.2) is 4.98 Å². The van der Waals surface area contributed by atoms with Crippen LogP contribution in [0.25, 0.3) is 0 Å². The van der Waals surface area contributed by atoms with Gasteiger partial charge in [0, 0.05) is 41.9 Å². The first-order valence-electron chi connectivity index (χ1n) is 5.73. The Kier molecular flexibility index (Phi) is 4.61. The lowest BCUT2D eigenvalue weighted by atomic mass is 10.2. The average molecular weight is 257 g/mol. The Hall–Kier alpha value is -0.130. The van der Waals surface area contributed by atoms with E-state index in [4.69, 9.17) is 0 Å². The Morgan fingerprint density at radius 3 is 3.06 bits per heavy atom. The molecule has 2 rings (SSSR count). The summed E-state index contributed by atoms with van der Waals surface area (Å²) in [5.74, 6) is 4.96. The zero-order valence-electron chi connectivity index (χ0n) is 9.85. The van der Waals surface area contributed by atoms with Crippen molar-refractivity contribution >= 4 is 23.5 Å². The molecule has 0 saturated carbocycles. The van der Waals surface area contributed by atoms with Gasteiger partial charge in [0.2, 0.25) is 0 Å². The van der Waals surface area contributed by atoms with Gasteiger partial charge in [0.05, 0.1) is 6.04 Å². The highest BCUT2D eigenvalue weighted by molar-refractivity contribution is 8.06. The molecule has 1 aromatic heterocycles. The number of imidazole rings is 1. The number of hydrogen-bond donors (Lipinski definition) is 1. The molecule has 2 unspecified atom stereocenters. The molecule has 16 heavy (non-hydrogen) atoms. The van der Waals surface area contributed by atoms with Crippen LogP contribution in [0.5, 0.6) is 0 Å². The fourth-order valence-electron chi connectivity index (χ4n) is 1.98. The van der Waals surface area contributed by atoms with Crippen LogP contribution < -0.4 is 5.32 Å². The molecule has 0 spiro atoms. The molecule has 0 bridgehead atoms. The number of nitrogens with one attached hydrogen (secondary N) is 1. The van der Waals surface area contributed by atoms with Crippen LogP contribution in [0, 0.1) is 0 Å². The zero-order chi connectivity index (χ0) is 11.4. The molecule has 2 atom stereocenters. The first-order valence-corrected chi connectivity index (χ1v) is 7.93. The third kappa shape index (κ3) is 2.76. The van der Waals surface area contributed by atoms with Gasteiger partial charge in [-0.15, -0.1) is 0 Å². The second-order valence-electron chi connectivity index (χ2n) is 3.92. The summed E-state index contributed by atoms with van der Waals surface area (Å²) in [6.07, 6.45) is 3.92. The van der Waals surface area contributed by atoms with Crippen LogP contribution >= 0.6 is 23.5 Å². The number of thioether (sulfide) groups is 2. The summed E-state index contributed by atoms with van der Waals surface area (Å²) < 4.78 is 2.13. The van der Waals surface area contributed by atoms with Gasteiger partial charge in [-0.1, -0.05) is 6.92 Å². The third-order valence-corrected chi connectivity index (χ3v) is 5.64. The molecule has 5 heteroatoms. The van der Waals surface area contributed by atoms with Crippen molar-refractivity contribution in [3.63, 3.8) is 0 Å². The molecule has 1 saturated heterocycles. The SMILES string of the molecule is CCNC(c1nccn1C)C1CSCCS1. The molecule has 3 nitrogen and oxygen atoms in total. The summed E-state index contributed by atoms with van der Waals surface area (Å²) in [5, 5.41) is 4.23. The van der Waals surface area contributed by atoms with Gasteiger partial charge in [0.15, 0.2) is 0 Å². The molecule has 0 aliphatic carbocycles. The normalized spacial score (nSPS) is 23.2. The summed E-state index contributed by atoms with van der Waals surface area (Å²) in [6, 6.07) is 0.391. The highest BCUT2D eigenvalue weighted by Gasteiger charge is 2.27. The number of rotatable bonds is 4. The lowest BCUT2D eigenvalue weighted by Gasteiger charge is -2.29. The molecule has 1 N–H and O–H groups in total. The molecule has 0 radical (unpaired) electrons. The molecule has 0 amide bonds. The minimum Gasteiger partial charge on any atom is -0.337 e. The van der Waals surface area contributed by atoms with Gasteiger partial charge in [0.25, 0.3) is 0 Å². The van der Waals surface area contributed by atoms with Crippen LogP contribution in [-0.2, 0) is 7.05 Å². The van der Waals surface area contributed by atoms with Gasteiger partial charge in [0.1, 0.15) is 5.82 Å². The zero-order valence-corrected chi connectivity index (χ0v) is 11.5. The van der Waals surface area contributed by atoms with Crippen molar-refractivity contribution < 1.29 is 0 Å². The van der Waals surface area contributed by atoms with Crippen molar-refractivity contribution in [2.24, 2.45) is 7.05 Å². The van der Waals surface area contributed by atoms with Crippen LogP contribution in [-0.4, -0.2) is 38.6 Å². The smallest absolute Gasteiger partial charge is 0.126 e. The van der Waals surface area contributed by atoms with E-state index in [-0.39, 0.29) is 0 Å². The molecule has 90 valence electrons. The van der Waals surface area contributed by atoms with E-state index in [9.17, 15) is 0 Å². The molecule has 1 aliphatic heterocycles. The van der Waals surface area contributed by atoms with E-state index in [1.165, 1.54) is 23.1 Å². The van der Waals surface area contributed by atoms with Crippen LogP contribution in [0.15, 0.2) is 12.4 Å². The standard InChI is InChI=1S/C11H19N3S2/c1-3-12-10(9-8-15-6-7-16-9)11-13-4-5-14(11)2/h4-5,9-10,12H,3,6-8H2,1-2H3. The Labute approximate surface area is 106 Å². The number of nitrogens with zero attached hydrogens (tertiary/aromatic N) is 2. The Morgan fingerprint density at radius 1 is 1.62 bits per heavy atom. The van der Waals surface area contributed by atoms with Crippen molar-refractivity contribution in [2.45, 2.75) is 18.2 Å². The lowest BCUT2D eigenvalue weighted by molar-refractivity contribution is 0.508. The fourth-order valence-corrected chi connectivity index (χ4v) is 4.82. The topological polar surface area (TPSA) is 29.9 Å². The fraction of sp³-hybridized carbons (Fsp3) is 0.727. The van der Waals surface area contributed by atoms with Crippen molar-refractivity contribution in [1.29, 1.82) is 0 Å². The number of hydrogen-bond acceptors (Lipinski definition) is 4. The van der Waals surface area contributed by atoms with Crippen molar-refractivity contribution in [2.75, 3.05) is 23.8 Å². The van der Waals surface area contributed by atoms with E-state index >= 15 is 0 Å². The first kappa shape index (κ1) is 12.3. The second kappa shape index (κ2) is 5.98. The highest BCUT2D eigenvalue weighted by Crippen LogP contribution is 2.32. The monoisotopic (exact) mass is 257 g/mol. The summed E-state index contributed by atoms with van der Waals surface area (Å²) in [4.78, 5) is 4.49. The minimum absolute atomic E-state index is 0.391. The lowest BCUT2D eigenvalue weighted by Crippen LogP contribution is -2.35. The highest BCUT2D eigenvalue weighted by atomic mass is 32.2. The van der Waals surface area contributed by atoms with Crippen LogP contribution in [0.2, 0.25) is 0 Å².